The van der Waals surface area contributed by atoms with Crippen molar-refractivity contribution in [2.24, 2.45) is 5.73 Å². The first-order chi connectivity index (χ1) is 10.6. The minimum atomic E-state index is -0.390. The lowest BCUT2D eigenvalue weighted by Crippen LogP contribution is -2.48. The first kappa shape index (κ1) is 15.6. The van der Waals surface area contributed by atoms with E-state index >= 15 is 0 Å². The van der Waals surface area contributed by atoms with Gasteiger partial charge in [0.25, 0.3) is 5.91 Å². The van der Waals surface area contributed by atoms with Gasteiger partial charge < -0.3 is 15.5 Å². The van der Waals surface area contributed by atoms with Gasteiger partial charge in [0.05, 0.1) is 5.88 Å². The molecule has 2 aliphatic rings. The molecule has 2 fully saturated rings. The van der Waals surface area contributed by atoms with Crippen LogP contribution in [-0.4, -0.2) is 58.4 Å². The largest absolute Gasteiger partial charge is 0.339 e. The minimum absolute atomic E-state index is 0.0141. The van der Waals surface area contributed by atoms with Crippen LogP contribution in [0, 0.1) is 0 Å². The monoisotopic (exact) mass is 339 g/mol. The maximum Gasteiger partial charge on any atom is 0.255 e. The van der Waals surface area contributed by atoms with E-state index in [1.165, 1.54) is 0 Å². The van der Waals surface area contributed by atoms with Gasteiger partial charge in [-0.1, -0.05) is 11.6 Å². The molecule has 0 saturated carbocycles. The maximum atomic E-state index is 12.6. The van der Waals surface area contributed by atoms with Crippen LogP contribution in [0.1, 0.15) is 16.8 Å². The third kappa shape index (κ3) is 3.09. The third-order valence-corrected chi connectivity index (χ3v) is 5.32. The van der Waals surface area contributed by atoms with Crippen LogP contribution >= 0.6 is 23.4 Å². The number of nitrogens with two attached hydrogens (primary N) is 1. The molecule has 0 radical (unpaired) electrons. The van der Waals surface area contributed by atoms with Gasteiger partial charge in [0.2, 0.25) is 5.91 Å². The van der Waals surface area contributed by atoms with Crippen LogP contribution in [-0.2, 0) is 4.79 Å². The first-order valence-electron chi connectivity index (χ1n) is 7.25. The van der Waals surface area contributed by atoms with E-state index in [2.05, 4.69) is 0 Å². The standard InChI is InChI=1S/C15H18ClN3O2S/c16-11-3-1-10(2-4-11)14(20)19-9-22-8-13(19)15(21)18-6-5-12(17)7-18/h1-4,12-13H,5-9,17H2/t12-,13?/m1/s1. The van der Waals surface area contributed by atoms with Gasteiger partial charge in [-0.15, -0.1) is 11.8 Å². The van der Waals surface area contributed by atoms with E-state index in [0.29, 0.717) is 35.3 Å². The summed E-state index contributed by atoms with van der Waals surface area (Å²) in [6, 6.07) is 6.43. The lowest BCUT2D eigenvalue weighted by atomic mass is 10.1. The number of rotatable bonds is 2. The fourth-order valence-corrected chi connectivity index (χ4v) is 4.07. The van der Waals surface area contributed by atoms with E-state index in [1.807, 2.05) is 0 Å². The zero-order valence-corrected chi connectivity index (χ0v) is 13.6. The quantitative estimate of drug-likeness (QED) is 0.884. The SMILES string of the molecule is N[C@@H]1CCN(C(=O)C2CSCN2C(=O)c2ccc(Cl)cc2)C1. The number of hydrogen-bond donors (Lipinski definition) is 1. The molecule has 0 aromatic heterocycles. The molecular formula is C15H18ClN3O2S. The molecule has 5 nitrogen and oxygen atoms in total. The Morgan fingerprint density at radius 2 is 2.00 bits per heavy atom. The molecule has 7 heteroatoms. The summed E-state index contributed by atoms with van der Waals surface area (Å²) in [5.74, 6) is 1.07. The highest BCUT2D eigenvalue weighted by atomic mass is 35.5. The van der Waals surface area contributed by atoms with Gasteiger partial charge >= 0.3 is 0 Å². The van der Waals surface area contributed by atoms with Crippen LogP contribution in [0.25, 0.3) is 0 Å². The number of benzene rings is 1. The van der Waals surface area contributed by atoms with Crippen molar-refractivity contribution in [2.75, 3.05) is 24.7 Å². The fourth-order valence-electron chi connectivity index (χ4n) is 2.80. The van der Waals surface area contributed by atoms with Gasteiger partial charge in [-0.25, -0.2) is 0 Å². The number of halogens is 1. The lowest BCUT2D eigenvalue weighted by Gasteiger charge is -2.27. The first-order valence-corrected chi connectivity index (χ1v) is 8.78. The van der Waals surface area contributed by atoms with E-state index in [-0.39, 0.29) is 17.9 Å². The normalized spacial score (nSPS) is 24.8. The van der Waals surface area contributed by atoms with E-state index in [1.54, 1.807) is 45.8 Å². The summed E-state index contributed by atoms with van der Waals surface area (Å²) in [5, 5.41) is 0.589. The fraction of sp³-hybridized carbons (Fsp3) is 0.467. The van der Waals surface area contributed by atoms with Crippen LogP contribution in [0.5, 0.6) is 0 Å². The van der Waals surface area contributed by atoms with E-state index in [9.17, 15) is 9.59 Å². The molecule has 2 atom stereocenters. The summed E-state index contributed by atoms with van der Waals surface area (Å²) in [5.41, 5.74) is 6.43. The number of hydrogen-bond acceptors (Lipinski definition) is 4. The van der Waals surface area contributed by atoms with Crippen LogP contribution in [0.15, 0.2) is 24.3 Å². The molecule has 2 saturated heterocycles. The van der Waals surface area contributed by atoms with Crippen LogP contribution < -0.4 is 5.73 Å². The molecule has 2 heterocycles. The van der Waals surface area contributed by atoms with Crippen molar-refractivity contribution in [1.82, 2.24) is 9.80 Å². The van der Waals surface area contributed by atoms with E-state index in [0.717, 1.165) is 6.42 Å². The van der Waals surface area contributed by atoms with Crippen molar-refractivity contribution < 1.29 is 9.59 Å². The molecule has 118 valence electrons. The summed E-state index contributed by atoms with van der Waals surface area (Å²) in [6.07, 6.45) is 0.830. The summed E-state index contributed by atoms with van der Waals surface area (Å²) >= 11 is 7.46. The molecule has 2 amide bonds. The third-order valence-electron chi connectivity index (χ3n) is 4.06. The molecule has 1 unspecified atom stereocenters. The van der Waals surface area contributed by atoms with Crippen molar-refractivity contribution in [1.29, 1.82) is 0 Å². The van der Waals surface area contributed by atoms with Gasteiger partial charge in [-0.2, -0.15) is 0 Å². The summed E-state index contributed by atoms with van der Waals surface area (Å²) in [7, 11) is 0. The zero-order chi connectivity index (χ0) is 15.7. The van der Waals surface area contributed by atoms with E-state index in [4.69, 9.17) is 17.3 Å². The highest BCUT2D eigenvalue weighted by molar-refractivity contribution is 7.99. The molecule has 2 N–H and O–H groups in total. The Bertz CT molecular complexity index is 581. The highest BCUT2D eigenvalue weighted by Crippen LogP contribution is 2.26. The predicted molar refractivity (Wildman–Crippen MR) is 87.9 cm³/mol. The van der Waals surface area contributed by atoms with Gasteiger partial charge in [-0.3, -0.25) is 9.59 Å². The predicted octanol–water partition coefficient (Wildman–Crippen LogP) is 1.41. The van der Waals surface area contributed by atoms with Crippen LogP contribution in [0.4, 0.5) is 0 Å². The number of thioether (sulfide) groups is 1. The Hall–Kier alpha value is -1.24. The molecule has 0 bridgehead atoms. The topological polar surface area (TPSA) is 66.6 Å². The van der Waals surface area contributed by atoms with Crippen molar-refractivity contribution >= 4 is 35.2 Å². The number of carbonyl (C=O) groups excluding carboxylic acids is 2. The van der Waals surface area contributed by atoms with Crippen molar-refractivity contribution in [3.8, 4) is 0 Å². The Morgan fingerprint density at radius 1 is 1.27 bits per heavy atom. The molecular weight excluding hydrogens is 322 g/mol. The van der Waals surface area contributed by atoms with Gasteiger partial charge in [0.15, 0.2) is 0 Å². The highest BCUT2D eigenvalue weighted by Gasteiger charge is 2.38. The number of amides is 2. The smallest absolute Gasteiger partial charge is 0.255 e. The Morgan fingerprint density at radius 3 is 2.64 bits per heavy atom. The lowest BCUT2D eigenvalue weighted by molar-refractivity contribution is -0.133. The molecule has 1 aromatic carbocycles. The average molecular weight is 340 g/mol. The van der Waals surface area contributed by atoms with Crippen LogP contribution in [0.3, 0.4) is 0 Å². The number of likely N-dealkylation sites (tertiary alicyclic amines) is 1. The molecule has 2 aliphatic heterocycles. The maximum absolute atomic E-state index is 12.6. The second-order valence-corrected chi connectivity index (χ2v) is 7.07. The summed E-state index contributed by atoms with van der Waals surface area (Å²) < 4.78 is 0. The van der Waals surface area contributed by atoms with Crippen molar-refractivity contribution in [3.05, 3.63) is 34.9 Å². The second kappa shape index (κ2) is 6.48. The Kier molecular flexibility index (Phi) is 4.61. The second-order valence-electron chi connectivity index (χ2n) is 5.63. The molecule has 1 aromatic rings. The minimum Gasteiger partial charge on any atom is -0.339 e. The van der Waals surface area contributed by atoms with Crippen LogP contribution in [0.2, 0.25) is 5.02 Å². The number of nitrogens with zero attached hydrogens (tertiary/aromatic N) is 2. The molecule has 3 rings (SSSR count). The van der Waals surface area contributed by atoms with Gasteiger partial charge in [-0.05, 0) is 30.7 Å². The molecule has 0 spiro atoms. The van der Waals surface area contributed by atoms with Gasteiger partial charge in [0, 0.05) is 35.5 Å². The average Bonchev–Trinajstić information content (AvgIpc) is 3.15. The van der Waals surface area contributed by atoms with Crippen molar-refractivity contribution in [2.45, 2.75) is 18.5 Å². The zero-order valence-electron chi connectivity index (χ0n) is 12.1. The Balaban J connectivity index is 1.73. The van der Waals surface area contributed by atoms with Gasteiger partial charge in [0.1, 0.15) is 6.04 Å². The summed E-state index contributed by atoms with van der Waals surface area (Å²) in [4.78, 5) is 28.7. The Labute approximate surface area is 138 Å². The van der Waals surface area contributed by atoms with Crippen molar-refractivity contribution in [3.63, 3.8) is 0 Å². The van der Waals surface area contributed by atoms with E-state index < -0.39 is 6.04 Å². The number of carbonyl (C=O) groups is 2. The molecule has 22 heavy (non-hydrogen) atoms. The summed E-state index contributed by atoms with van der Waals surface area (Å²) in [6.45, 7) is 1.27. The molecule has 0 aliphatic carbocycles.